The fraction of sp³-hybridized carbons (Fsp3) is 0.220. The number of aryl methyl sites for hydroxylation is 6. The summed E-state index contributed by atoms with van der Waals surface area (Å²) in [5, 5.41) is 1.44. The average Bonchev–Trinajstić information content (AvgIpc) is 3.60. The number of fused-ring (bicyclic) bond motifs is 3. The fourth-order valence-corrected chi connectivity index (χ4v) is 6.25. The molecular formula is C50H47IrN3O-2. The van der Waals surface area contributed by atoms with Crippen molar-refractivity contribution in [1.82, 2.24) is 15.0 Å². The van der Waals surface area contributed by atoms with Gasteiger partial charge in [-0.05, 0) is 97.1 Å². The van der Waals surface area contributed by atoms with Gasteiger partial charge < -0.3 is 14.4 Å². The van der Waals surface area contributed by atoms with Crippen molar-refractivity contribution < 1.29 is 34.1 Å². The van der Waals surface area contributed by atoms with Gasteiger partial charge in [0.1, 0.15) is 0 Å². The van der Waals surface area contributed by atoms with Gasteiger partial charge in [-0.1, -0.05) is 122 Å². The summed E-state index contributed by atoms with van der Waals surface area (Å²) in [6, 6.07) is 40.3. The van der Waals surface area contributed by atoms with Crippen molar-refractivity contribution in [3.05, 3.63) is 173 Å². The summed E-state index contributed by atoms with van der Waals surface area (Å²) in [6.07, 6.45) is 0.350. The summed E-state index contributed by atoms with van der Waals surface area (Å²) >= 11 is 0. The standard InChI is InChI=1S/C30H29N2O.C20H18N.Ir/c1-20-8-15-25-24-6-5-7-26(28(24)33-29(25)32-20)27-18-22(16-17-31-27)12-9-21-10-13-23(14-11-21)19-30(2,3)4;1-14-9-10-18(20-11-15(2)16(3)13-21-20)12-19(14)17-7-5-4-6-8-17;/h5-6,8,10-11,13-18H,9,12,19H2,1-4H3;4-9,11-13H,1-3H3;/q2*-1;/i1D3,9D2,19D2;;. The summed E-state index contributed by atoms with van der Waals surface area (Å²) in [6.45, 7) is 9.50. The molecule has 5 heteroatoms. The van der Waals surface area contributed by atoms with Crippen molar-refractivity contribution in [2.75, 3.05) is 0 Å². The van der Waals surface area contributed by atoms with E-state index in [9.17, 15) is 0 Å². The Labute approximate surface area is 349 Å². The molecule has 55 heavy (non-hydrogen) atoms. The number of benzene rings is 4. The largest absolute Gasteiger partial charge is 0.486 e. The summed E-state index contributed by atoms with van der Waals surface area (Å²) in [5.41, 5.74) is 11.1. The number of pyridine rings is 3. The Balaban J connectivity index is 0.000000245. The SMILES string of the molecule is Cc1cnc(-c2[c-]cc(C)c(-c3ccccc3)c2)cc1C.[2H]C([2H])([2H])c1ccc2c(n1)oc1c(-c3cc(CC([2H])([2H])c4ccc(C([2H])([2H])C(C)(C)C)cc4)ccn3)[c-]ccc12.[Ir]. The predicted molar refractivity (Wildman–Crippen MR) is 223 cm³/mol. The van der Waals surface area contributed by atoms with E-state index in [1.807, 2.05) is 39.1 Å². The zero-order chi connectivity index (χ0) is 43.9. The first kappa shape index (κ1) is 31.0. The maximum Gasteiger partial charge on any atom is 0.216 e. The van der Waals surface area contributed by atoms with Gasteiger partial charge in [-0.25, -0.2) is 4.98 Å². The monoisotopic (exact) mass is 905 g/mol. The molecule has 0 N–H and O–H groups in total. The van der Waals surface area contributed by atoms with Gasteiger partial charge in [0.05, 0.1) is 5.58 Å². The van der Waals surface area contributed by atoms with Crippen LogP contribution in [-0.4, -0.2) is 15.0 Å². The molecule has 0 saturated carbocycles. The van der Waals surface area contributed by atoms with Gasteiger partial charge in [-0.3, -0.25) is 0 Å². The molecule has 0 bridgehead atoms. The Bertz CT molecular complexity index is 2850. The molecule has 4 aromatic carbocycles. The topological polar surface area (TPSA) is 51.8 Å². The van der Waals surface area contributed by atoms with Gasteiger partial charge in [0.2, 0.25) is 5.71 Å². The Morgan fingerprint density at radius 3 is 2.27 bits per heavy atom. The van der Waals surface area contributed by atoms with E-state index in [-0.39, 0.29) is 37.9 Å². The van der Waals surface area contributed by atoms with E-state index in [0.29, 0.717) is 38.9 Å². The van der Waals surface area contributed by atoms with E-state index in [4.69, 9.17) is 14.0 Å². The van der Waals surface area contributed by atoms with Crippen LogP contribution in [0.2, 0.25) is 0 Å². The van der Waals surface area contributed by atoms with Gasteiger partial charge >= 0.3 is 0 Å². The van der Waals surface area contributed by atoms with Crippen molar-refractivity contribution in [3.63, 3.8) is 0 Å². The molecule has 0 aliphatic heterocycles. The molecule has 0 spiro atoms. The first-order valence-electron chi connectivity index (χ1n) is 21.5. The van der Waals surface area contributed by atoms with E-state index in [1.54, 1.807) is 54.7 Å². The Morgan fingerprint density at radius 2 is 1.53 bits per heavy atom. The van der Waals surface area contributed by atoms with Gasteiger partial charge in [-0.2, -0.15) is 0 Å². The van der Waals surface area contributed by atoms with Crippen LogP contribution in [0.5, 0.6) is 0 Å². The molecule has 8 rings (SSSR count). The smallest absolute Gasteiger partial charge is 0.216 e. The zero-order valence-corrected chi connectivity index (χ0v) is 34.2. The number of aromatic nitrogens is 3. The van der Waals surface area contributed by atoms with Crippen LogP contribution < -0.4 is 0 Å². The molecular weight excluding hydrogens is 851 g/mol. The van der Waals surface area contributed by atoms with Crippen molar-refractivity contribution in [1.29, 1.82) is 0 Å². The summed E-state index contributed by atoms with van der Waals surface area (Å²) in [5.74, 6) is 0. The molecule has 4 aromatic heterocycles. The number of furan rings is 1. The third-order valence-electron chi connectivity index (χ3n) is 9.17. The third-order valence-corrected chi connectivity index (χ3v) is 9.17. The summed E-state index contributed by atoms with van der Waals surface area (Å²) < 4.78 is 63.5. The van der Waals surface area contributed by atoms with Crippen LogP contribution in [0.1, 0.15) is 69.4 Å². The molecule has 1 radical (unpaired) electrons. The second-order valence-electron chi connectivity index (χ2n) is 14.6. The van der Waals surface area contributed by atoms with Gasteiger partial charge in [0.15, 0.2) is 0 Å². The van der Waals surface area contributed by atoms with Gasteiger partial charge in [0, 0.05) is 53.2 Å². The fourth-order valence-electron chi connectivity index (χ4n) is 6.25. The van der Waals surface area contributed by atoms with Crippen LogP contribution in [-0.2, 0) is 39.3 Å². The summed E-state index contributed by atoms with van der Waals surface area (Å²) in [4.78, 5) is 13.2. The third kappa shape index (κ3) is 9.54. The summed E-state index contributed by atoms with van der Waals surface area (Å²) in [7, 11) is 0. The molecule has 0 atom stereocenters. The van der Waals surface area contributed by atoms with Gasteiger partial charge in [-0.15, -0.1) is 47.5 Å². The van der Waals surface area contributed by atoms with E-state index >= 15 is 0 Å². The van der Waals surface area contributed by atoms with Crippen LogP contribution in [0.3, 0.4) is 0 Å². The predicted octanol–water partition coefficient (Wildman–Crippen LogP) is 12.7. The van der Waals surface area contributed by atoms with Crippen molar-refractivity contribution in [2.45, 2.75) is 67.6 Å². The number of rotatable bonds is 7. The maximum atomic E-state index is 8.78. The van der Waals surface area contributed by atoms with Crippen LogP contribution in [0, 0.1) is 45.2 Å². The maximum absolute atomic E-state index is 8.78. The first-order chi connectivity index (χ1) is 28.7. The van der Waals surface area contributed by atoms with Crippen LogP contribution in [0.25, 0.3) is 55.7 Å². The van der Waals surface area contributed by atoms with E-state index in [0.717, 1.165) is 16.6 Å². The van der Waals surface area contributed by atoms with E-state index in [2.05, 4.69) is 90.3 Å². The Kier molecular flexibility index (Phi) is 9.63. The average molecular weight is 905 g/mol. The van der Waals surface area contributed by atoms with Gasteiger partial charge in [0.25, 0.3) is 0 Å². The Morgan fingerprint density at radius 1 is 0.745 bits per heavy atom. The number of hydrogen-bond donors (Lipinski definition) is 0. The number of hydrogen-bond acceptors (Lipinski definition) is 4. The molecule has 4 nitrogen and oxygen atoms in total. The Hall–Kier alpha value is -5.22. The van der Waals surface area contributed by atoms with E-state index < -0.39 is 25.0 Å². The molecule has 0 amide bonds. The molecule has 0 saturated heterocycles. The van der Waals surface area contributed by atoms with Crippen LogP contribution in [0.4, 0.5) is 0 Å². The van der Waals surface area contributed by atoms with Crippen LogP contribution >= 0.6 is 0 Å². The molecule has 8 aromatic rings. The molecule has 0 aliphatic rings. The molecule has 0 unspecified atom stereocenters. The number of nitrogens with zero attached hydrogens (tertiary/aromatic N) is 3. The molecule has 0 fully saturated rings. The zero-order valence-electron chi connectivity index (χ0n) is 38.8. The van der Waals surface area contributed by atoms with E-state index in [1.165, 1.54) is 33.9 Å². The molecule has 4 heterocycles. The normalized spacial score (nSPS) is 13.9. The molecule has 279 valence electrons. The van der Waals surface area contributed by atoms with Crippen molar-refractivity contribution in [3.8, 4) is 33.6 Å². The quantitative estimate of drug-likeness (QED) is 0.150. The van der Waals surface area contributed by atoms with Crippen molar-refractivity contribution in [2.24, 2.45) is 5.41 Å². The second-order valence-corrected chi connectivity index (χ2v) is 14.6. The van der Waals surface area contributed by atoms with Crippen LogP contribution in [0.15, 0.2) is 126 Å². The minimum Gasteiger partial charge on any atom is -0.486 e. The minimum absolute atomic E-state index is 0. The molecule has 0 aliphatic carbocycles. The van der Waals surface area contributed by atoms with Crippen molar-refractivity contribution >= 4 is 22.1 Å². The minimum atomic E-state index is -2.35. The second kappa shape index (κ2) is 17.1. The first-order valence-corrected chi connectivity index (χ1v) is 18.0.